The zero-order chi connectivity index (χ0) is 14.4. The molecule has 1 saturated heterocycles. The molecule has 1 rings (SSSR count). The Morgan fingerprint density at radius 1 is 1.26 bits per heavy atom. The SMILES string of the molecule is CCNC(CCC(C)(C)OC)C1(OC)CCOCC1. The number of likely N-dealkylation sites (N-methyl/N-ethyl adjacent to an activating group) is 1. The van der Waals surface area contributed by atoms with E-state index in [-0.39, 0.29) is 11.2 Å². The molecule has 0 bridgehead atoms. The predicted octanol–water partition coefficient (Wildman–Crippen LogP) is 2.37. The van der Waals surface area contributed by atoms with E-state index in [1.54, 1.807) is 7.11 Å². The van der Waals surface area contributed by atoms with E-state index >= 15 is 0 Å². The largest absolute Gasteiger partial charge is 0.381 e. The first-order valence-corrected chi connectivity index (χ1v) is 7.41. The second-order valence-corrected chi connectivity index (χ2v) is 5.99. The van der Waals surface area contributed by atoms with Crippen molar-refractivity contribution in [3.63, 3.8) is 0 Å². The minimum atomic E-state index is -0.0852. The van der Waals surface area contributed by atoms with Crippen LogP contribution in [-0.2, 0) is 14.2 Å². The van der Waals surface area contributed by atoms with Gasteiger partial charge in [0.25, 0.3) is 0 Å². The molecule has 1 unspecified atom stereocenters. The summed E-state index contributed by atoms with van der Waals surface area (Å²) in [6.07, 6.45) is 4.01. The van der Waals surface area contributed by atoms with E-state index in [1.165, 1.54) is 0 Å². The highest BCUT2D eigenvalue weighted by Crippen LogP contribution is 2.32. The van der Waals surface area contributed by atoms with Crippen LogP contribution < -0.4 is 5.32 Å². The highest BCUT2D eigenvalue weighted by atomic mass is 16.5. The van der Waals surface area contributed by atoms with E-state index in [4.69, 9.17) is 14.2 Å². The second kappa shape index (κ2) is 7.58. The summed E-state index contributed by atoms with van der Waals surface area (Å²) in [5, 5.41) is 3.60. The fourth-order valence-electron chi connectivity index (χ4n) is 2.80. The first kappa shape index (κ1) is 16.9. The van der Waals surface area contributed by atoms with Crippen LogP contribution in [-0.4, -0.2) is 51.2 Å². The molecule has 0 radical (unpaired) electrons. The maximum atomic E-state index is 5.91. The first-order chi connectivity index (χ1) is 8.99. The molecule has 1 fully saturated rings. The topological polar surface area (TPSA) is 39.7 Å². The van der Waals surface area contributed by atoms with Crippen LogP contribution >= 0.6 is 0 Å². The normalized spacial score (nSPS) is 21.3. The average molecular weight is 273 g/mol. The van der Waals surface area contributed by atoms with Crippen LogP contribution in [0.2, 0.25) is 0 Å². The van der Waals surface area contributed by atoms with Gasteiger partial charge in [0.2, 0.25) is 0 Å². The predicted molar refractivity (Wildman–Crippen MR) is 77.6 cm³/mol. The van der Waals surface area contributed by atoms with Crippen LogP contribution in [0.4, 0.5) is 0 Å². The van der Waals surface area contributed by atoms with Crippen molar-refractivity contribution in [3.8, 4) is 0 Å². The van der Waals surface area contributed by atoms with Crippen LogP contribution in [0.1, 0.15) is 46.5 Å². The fourth-order valence-corrected chi connectivity index (χ4v) is 2.80. The average Bonchev–Trinajstić information content (AvgIpc) is 2.44. The Balaban J connectivity index is 2.68. The van der Waals surface area contributed by atoms with E-state index < -0.39 is 0 Å². The molecule has 19 heavy (non-hydrogen) atoms. The third kappa shape index (κ3) is 4.71. The molecule has 0 spiro atoms. The van der Waals surface area contributed by atoms with Crippen LogP contribution in [0.15, 0.2) is 0 Å². The zero-order valence-corrected chi connectivity index (χ0v) is 13.3. The van der Waals surface area contributed by atoms with Gasteiger partial charge in [-0.15, -0.1) is 0 Å². The molecule has 4 nitrogen and oxygen atoms in total. The zero-order valence-electron chi connectivity index (χ0n) is 13.3. The molecule has 0 saturated carbocycles. The van der Waals surface area contributed by atoms with E-state index in [1.807, 2.05) is 7.11 Å². The Morgan fingerprint density at radius 3 is 2.37 bits per heavy atom. The van der Waals surface area contributed by atoms with Crippen molar-refractivity contribution < 1.29 is 14.2 Å². The van der Waals surface area contributed by atoms with Gasteiger partial charge in [0.15, 0.2) is 0 Å². The summed E-state index contributed by atoms with van der Waals surface area (Å²) >= 11 is 0. The smallest absolute Gasteiger partial charge is 0.0874 e. The lowest BCUT2D eigenvalue weighted by Crippen LogP contribution is -2.55. The molecule has 1 heterocycles. The van der Waals surface area contributed by atoms with E-state index in [0.29, 0.717) is 6.04 Å². The molecule has 114 valence electrons. The molecule has 0 aromatic heterocycles. The minimum absolute atomic E-state index is 0.0756. The molecule has 1 N–H and O–H groups in total. The number of nitrogens with one attached hydrogen (secondary N) is 1. The lowest BCUT2D eigenvalue weighted by atomic mass is 9.82. The summed E-state index contributed by atoms with van der Waals surface area (Å²) in [4.78, 5) is 0. The number of hydrogen-bond donors (Lipinski definition) is 1. The van der Waals surface area contributed by atoms with Gasteiger partial charge in [0.1, 0.15) is 0 Å². The fraction of sp³-hybridized carbons (Fsp3) is 1.00. The molecular weight excluding hydrogens is 242 g/mol. The standard InChI is InChI=1S/C15H31NO3/c1-6-16-13(7-8-14(2,3)17-4)15(18-5)9-11-19-12-10-15/h13,16H,6-12H2,1-5H3. The molecule has 1 aliphatic heterocycles. The Kier molecular flexibility index (Phi) is 6.74. The van der Waals surface area contributed by atoms with Gasteiger partial charge in [-0.25, -0.2) is 0 Å². The van der Waals surface area contributed by atoms with Crippen LogP contribution in [0.3, 0.4) is 0 Å². The van der Waals surface area contributed by atoms with Crippen LogP contribution in [0.5, 0.6) is 0 Å². The molecule has 0 aromatic rings. The van der Waals surface area contributed by atoms with Crippen molar-refractivity contribution in [1.29, 1.82) is 0 Å². The summed E-state index contributed by atoms with van der Waals surface area (Å²) in [6, 6.07) is 0.362. The second-order valence-electron chi connectivity index (χ2n) is 5.99. The van der Waals surface area contributed by atoms with Crippen molar-refractivity contribution in [1.82, 2.24) is 5.32 Å². The summed E-state index contributed by atoms with van der Waals surface area (Å²) in [7, 11) is 3.61. The molecule has 1 atom stereocenters. The Labute approximate surface area is 118 Å². The van der Waals surface area contributed by atoms with Gasteiger partial charge in [0.05, 0.1) is 11.2 Å². The molecule has 0 aliphatic carbocycles. The lowest BCUT2D eigenvalue weighted by molar-refractivity contribution is -0.114. The van der Waals surface area contributed by atoms with Gasteiger partial charge in [-0.05, 0) is 33.2 Å². The van der Waals surface area contributed by atoms with Gasteiger partial charge in [0, 0.05) is 46.3 Å². The number of rotatable bonds is 8. The molecule has 0 aromatic carbocycles. The maximum absolute atomic E-state index is 5.91. The van der Waals surface area contributed by atoms with Gasteiger partial charge >= 0.3 is 0 Å². The Morgan fingerprint density at radius 2 is 1.89 bits per heavy atom. The third-order valence-electron chi connectivity index (χ3n) is 4.42. The van der Waals surface area contributed by atoms with Crippen LogP contribution in [0.25, 0.3) is 0 Å². The third-order valence-corrected chi connectivity index (χ3v) is 4.42. The number of methoxy groups -OCH3 is 2. The molecular formula is C15H31NO3. The van der Waals surface area contributed by atoms with Gasteiger partial charge in [-0.3, -0.25) is 0 Å². The van der Waals surface area contributed by atoms with E-state index in [2.05, 4.69) is 26.1 Å². The van der Waals surface area contributed by atoms with Gasteiger partial charge in [-0.2, -0.15) is 0 Å². The first-order valence-electron chi connectivity index (χ1n) is 7.41. The van der Waals surface area contributed by atoms with Crippen molar-refractivity contribution >= 4 is 0 Å². The maximum Gasteiger partial charge on any atom is 0.0874 e. The molecule has 0 amide bonds. The summed E-state index contributed by atoms with van der Waals surface area (Å²) < 4.78 is 16.9. The Bertz CT molecular complexity index is 250. The van der Waals surface area contributed by atoms with Crippen molar-refractivity contribution in [2.45, 2.75) is 63.7 Å². The van der Waals surface area contributed by atoms with Gasteiger partial charge < -0.3 is 19.5 Å². The van der Waals surface area contributed by atoms with E-state index in [9.17, 15) is 0 Å². The van der Waals surface area contributed by atoms with Crippen molar-refractivity contribution in [2.24, 2.45) is 0 Å². The number of hydrogen-bond acceptors (Lipinski definition) is 4. The molecule has 4 heteroatoms. The van der Waals surface area contributed by atoms with Gasteiger partial charge in [-0.1, -0.05) is 6.92 Å². The highest BCUT2D eigenvalue weighted by molar-refractivity contribution is 4.95. The monoisotopic (exact) mass is 273 g/mol. The quantitative estimate of drug-likeness (QED) is 0.737. The number of ether oxygens (including phenoxy) is 3. The summed E-state index contributed by atoms with van der Waals surface area (Å²) in [5.74, 6) is 0. The van der Waals surface area contributed by atoms with Crippen LogP contribution in [0, 0.1) is 0 Å². The highest BCUT2D eigenvalue weighted by Gasteiger charge is 2.40. The lowest BCUT2D eigenvalue weighted by Gasteiger charge is -2.43. The Hall–Kier alpha value is -0.160. The van der Waals surface area contributed by atoms with E-state index in [0.717, 1.165) is 45.4 Å². The summed E-state index contributed by atoms with van der Waals surface area (Å²) in [5.41, 5.74) is -0.161. The summed E-state index contributed by atoms with van der Waals surface area (Å²) in [6.45, 7) is 8.98. The van der Waals surface area contributed by atoms with Crippen molar-refractivity contribution in [3.05, 3.63) is 0 Å². The molecule has 1 aliphatic rings. The minimum Gasteiger partial charge on any atom is -0.381 e. The van der Waals surface area contributed by atoms with Crippen molar-refractivity contribution in [2.75, 3.05) is 34.0 Å².